The highest BCUT2D eigenvalue weighted by Gasteiger charge is 2.28. The van der Waals surface area contributed by atoms with Crippen molar-refractivity contribution in [3.8, 4) is 11.5 Å². The third-order valence-electron chi connectivity index (χ3n) is 5.53. The molecule has 0 spiro atoms. The smallest absolute Gasteiger partial charge is 0.165 e. The number of fused-ring (bicyclic) bond motifs is 1. The second-order valence-corrected chi connectivity index (χ2v) is 11.8. The summed E-state index contributed by atoms with van der Waals surface area (Å²) in [6, 6.07) is 12.9. The first-order chi connectivity index (χ1) is 10.5. The molecule has 2 rings (SSSR count). The summed E-state index contributed by atoms with van der Waals surface area (Å²) in [4.78, 5) is 0. The number of hydrogen-bond acceptors (Lipinski definition) is 2. The zero-order chi connectivity index (χ0) is 16.3. The van der Waals surface area contributed by atoms with Gasteiger partial charge in [-0.05, 0) is 35.0 Å². The summed E-state index contributed by atoms with van der Waals surface area (Å²) in [6.07, 6.45) is 0.957. The van der Waals surface area contributed by atoms with E-state index in [2.05, 4.69) is 33.8 Å². The molecule has 3 heteroatoms. The van der Waals surface area contributed by atoms with Gasteiger partial charge in [0.25, 0.3) is 0 Å². The average Bonchev–Trinajstić information content (AvgIpc) is 2.55. The maximum absolute atomic E-state index is 10.1. The van der Waals surface area contributed by atoms with Crippen molar-refractivity contribution in [2.45, 2.75) is 58.3 Å². The SMILES string of the molecule is CCc1c(C[Si](CC)(CC)CC)ccc2c(O)c(O)ccc12. The van der Waals surface area contributed by atoms with Gasteiger partial charge in [-0.3, -0.25) is 0 Å². The Morgan fingerprint density at radius 2 is 1.41 bits per heavy atom. The summed E-state index contributed by atoms with van der Waals surface area (Å²) in [5.41, 5.74) is 2.78. The van der Waals surface area contributed by atoms with Crippen molar-refractivity contribution >= 4 is 18.8 Å². The molecule has 0 atom stereocenters. The van der Waals surface area contributed by atoms with Crippen molar-refractivity contribution < 1.29 is 10.2 Å². The molecular formula is C19H28O2Si. The van der Waals surface area contributed by atoms with Crippen LogP contribution in [0.1, 0.15) is 38.8 Å². The average molecular weight is 317 g/mol. The zero-order valence-electron chi connectivity index (χ0n) is 14.2. The molecule has 0 saturated heterocycles. The van der Waals surface area contributed by atoms with Crippen LogP contribution in [-0.2, 0) is 12.5 Å². The number of aryl methyl sites for hydroxylation is 1. The number of aromatic hydroxyl groups is 2. The second kappa shape index (κ2) is 6.74. The van der Waals surface area contributed by atoms with Crippen LogP contribution in [0.4, 0.5) is 0 Å². The van der Waals surface area contributed by atoms with Crippen LogP contribution in [0.5, 0.6) is 11.5 Å². The maximum atomic E-state index is 10.1. The topological polar surface area (TPSA) is 40.5 Å². The molecule has 0 aliphatic rings. The molecule has 0 unspecified atom stereocenters. The lowest BCUT2D eigenvalue weighted by molar-refractivity contribution is 0.408. The van der Waals surface area contributed by atoms with Crippen molar-refractivity contribution in [1.29, 1.82) is 0 Å². The highest BCUT2D eigenvalue weighted by Crippen LogP contribution is 2.37. The molecule has 0 aromatic heterocycles. The zero-order valence-corrected chi connectivity index (χ0v) is 15.2. The van der Waals surface area contributed by atoms with Crippen molar-refractivity contribution in [3.05, 3.63) is 35.4 Å². The van der Waals surface area contributed by atoms with E-state index < -0.39 is 8.07 Å². The Hall–Kier alpha value is -1.48. The molecule has 0 radical (unpaired) electrons. The Bertz CT molecular complexity index is 652. The van der Waals surface area contributed by atoms with E-state index in [0.29, 0.717) is 0 Å². The van der Waals surface area contributed by atoms with Gasteiger partial charge in [-0.25, -0.2) is 0 Å². The molecule has 22 heavy (non-hydrogen) atoms. The molecular weight excluding hydrogens is 288 g/mol. The number of benzene rings is 2. The predicted molar refractivity (Wildman–Crippen MR) is 97.6 cm³/mol. The highest BCUT2D eigenvalue weighted by molar-refractivity contribution is 6.79. The summed E-state index contributed by atoms with van der Waals surface area (Å²) < 4.78 is 0. The molecule has 2 N–H and O–H groups in total. The van der Waals surface area contributed by atoms with Crippen LogP contribution in [0.3, 0.4) is 0 Å². The van der Waals surface area contributed by atoms with E-state index in [1.54, 1.807) is 6.07 Å². The lowest BCUT2D eigenvalue weighted by atomic mass is 9.97. The fraction of sp³-hybridized carbons (Fsp3) is 0.474. The largest absolute Gasteiger partial charge is 0.504 e. The Morgan fingerprint density at radius 1 is 0.818 bits per heavy atom. The number of phenols is 2. The van der Waals surface area contributed by atoms with Crippen molar-refractivity contribution in [2.75, 3.05) is 0 Å². The summed E-state index contributed by atoms with van der Waals surface area (Å²) >= 11 is 0. The molecule has 2 nitrogen and oxygen atoms in total. The highest BCUT2D eigenvalue weighted by atomic mass is 28.3. The van der Waals surface area contributed by atoms with Crippen LogP contribution in [-0.4, -0.2) is 18.3 Å². The van der Waals surface area contributed by atoms with E-state index in [9.17, 15) is 10.2 Å². The first-order valence-electron chi connectivity index (χ1n) is 8.47. The van der Waals surface area contributed by atoms with Gasteiger partial charge in [0, 0.05) is 5.39 Å². The van der Waals surface area contributed by atoms with Gasteiger partial charge in [0.15, 0.2) is 11.5 Å². The third-order valence-corrected chi connectivity index (χ3v) is 11.2. The predicted octanol–water partition coefficient (Wildman–Crippen LogP) is 5.40. The van der Waals surface area contributed by atoms with Crippen LogP contribution in [0.25, 0.3) is 10.8 Å². The minimum Gasteiger partial charge on any atom is -0.504 e. The summed E-state index contributed by atoms with van der Waals surface area (Å²) in [6.45, 7) is 9.20. The van der Waals surface area contributed by atoms with Gasteiger partial charge in [-0.1, -0.05) is 64.0 Å². The van der Waals surface area contributed by atoms with Gasteiger partial charge in [0.05, 0.1) is 8.07 Å². The van der Waals surface area contributed by atoms with Gasteiger partial charge in [0.1, 0.15) is 0 Å². The van der Waals surface area contributed by atoms with E-state index in [0.717, 1.165) is 17.2 Å². The van der Waals surface area contributed by atoms with Gasteiger partial charge in [-0.2, -0.15) is 0 Å². The molecule has 0 fully saturated rings. The van der Waals surface area contributed by atoms with Gasteiger partial charge < -0.3 is 10.2 Å². The van der Waals surface area contributed by atoms with E-state index in [4.69, 9.17) is 0 Å². The summed E-state index contributed by atoms with van der Waals surface area (Å²) in [5.74, 6) is -0.0366. The number of hydrogen-bond donors (Lipinski definition) is 2. The van der Waals surface area contributed by atoms with Gasteiger partial charge in [0.2, 0.25) is 0 Å². The van der Waals surface area contributed by atoms with Crippen molar-refractivity contribution in [2.24, 2.45) is 0 Å². The Kier molecular flexibility index (Phi) is 5.17. The molecule has 2 aromatic carbocycles. The lowest BCUT2D eigenvalue weighted by Crippen LogP contribution is -2.35. The quantitative estimate of drug-likeness (QED) is 0.553. The molecule has 0 aliphatic carbocycles. The number of rotatable bonds is 6. The Balaban J connectivity index is 2.58. The molecule has 0 bridgehead atoms. The fourth-order valence-electron chi connectivity index (χ4n) is 3.60. The van der Waals surface area contributed by atoms with Crippen LogP contribution in [0.15, 0.2) is 24.3 Å². The minimum atomic E-state index is -1.23. The first-order valence-corrected chi connectivity index (χ1v) is 11.3. The molecule has 0 aliphatic heterocycles. The number of phenolic OH excluding ortho intramolecular Hbond substituents is 2. The lowest BCUT2D eigenvalue weighted by Gasteiger charge is -2.29. The normalized spacial score (nSPS) is 12.0. The Morgan fingerprint density at radius 3 is 1.95 bits per heavy atom. The maximum Gasteiger partial charge on any atom is 0.165 e. The second-order valence-electron chi connectivity index (χ2n) is 6.32. The van der Waals surface area contributed by atoms with Crippen LogP contribution in [0, 0.1) is 0 Å². The summed E-state index contributed by atoms with van der Waals surface area (Å²) in [5, 5.41) is 21.7. The van der Waals surface area contributed by atoms with E-state index in [1.807, 2.05) is 12.1 Å². The molecule has 0 amide bonds. The molecule has 120 valence electrons. The summed E-state index contributed by atoms with van der Waals surface area (Å²) in [7, 11) is -1.23. The molecule has 0 saturated carbocycles. The minimum absolute atomic E-state index is 0.00346. The molecule has 0 heterocycles. The standard InChI is InChI=1S/C19H28O2Si/c1-5-15-14(13-22(6-2,7-3)8-4)9-10-17-16(15)11-12-18(20)19(17)21/h9-12,20-21H,5-8,13H2,1-4H3. The van der Waals surface area contributed by atoms with Gasteiger partial charge >= 0.3 is 0 Å². The molecule has 2 aromatic rings. The van der Waals surface area contributed by atoms with E-state index in [1.165, 1.54) is 35.3 Å². The Labute approximate surface area is 134 Å². The van der Waals surface area contributed by atoms with Crippen LogP contribution < -0.4 is 0 Å². The van der Waals surface area contributed by atoms with Crippen molar-refractivity contribution in [3.63, 3.8) is 0 Å². The first kappa shape index (κ1) is 16.9. The van der Waals surface area contributed by atoms with E-state index >= 15 is 0 Å². The monoisotopic (exact) mass is 316 g/mol. The van der Waals surface area contributed by atoms with Crippen LogP contribution >= 0.6 is 0 Å². The third kappa shape index (κ3) is 2.87. The van der Waals surface area contributed by atoms with E-state index in [-0.39, 0.29) is 11.5 Å². The van der Waals surface area contributed by atoms with Crippen molar-refractivity contribution in [1.82, 2.24) is 0 Å². The fourth-order valence-corrected chi connectivity index (χ4v) is 6.99. The van der Waals surface area contributed by atoms with Crippen LogP contribution in [0.2, 0.25) is 18.1 Å². The van der Waals surface area contributed by atoms with Gasteiger partial charge in [-0.15, -0.1) is 0 Å².